The lowest BCUT2D eigenvalue weighted by Crippen LogP contribution is -2.43. The number of hydrogen-bond acceptors (Lipinski definition) is 5. The highest BCUT2D eigenvalue weighted by Gasteiger charge is 2.16. The highest BCUT2D eigenvalue weighted by molar-refractivity contribution is 4.72. The third kappa shape index (κ3) is 7.75. The molecule has 14 heavy (non-hydrogen) atoms. The first-order valence-corrected chi connectivity index (χ1v) is 4.40. The van der Waals surface area contributed by atoms with E-state index in [9.17, 15) is 10.1 Å². The van der Waals surface area contributed by atoms with Crippen LogP contribution in [0.4, 0.5) is 0 Å². The first kappa shape index (κ1) is 13.1. The average Bonchev–Trinajstić information content (AvgIpc) is 1.98. The molecule has 0 bridgehead atoms. The molecule has 0 saturated heterocycles. The number of nitrogens with zero attached hydrogens (tertiary/aromatic N) is 1. The summed E-state index contributed by atoms with van der Waals surface area (Å²) >= 11 is 0. The van der Waals surface area contributed by atoms with Gasteiger partial charge in [-0.05, 0) is 20.8 Å². The van der Waals surface area contributed by atoms with Gasteiger partial charge in [0.05, 0.1) is 6.61 Å². The van der Waals surface area contributed by atoms with Crippen molar-refractivity contribution in [3.8, 4) is 0 Å². The summed E-state index contributed by atoms with van der Waals surface area (Å²) in [4.78, 5) is 14.5. The smallest absolute Gasteiger partial charge is 0.294 e. The molecular formula is C8H18N2O4. The number of methoxy groups -OCH3 is 1. The Morgan fingerprint density at radius 2 is 2.07 bits per heavy atom. The fourth-order valence-corrected chi connectivity index (χ4v) is 0.854. The highest BCUT2D eigenvalue weighted by atomic mass is 17.0. The molecule has 0 radical (unpaired) electrons. The van der Waals surface area contributed by atoms with Crippen LogP contribution < -0.4 is 5.32 Å². The van der Waals surface area contributed by atoms with Crippen molar-refractivity contribution in [1.82, 2.24) is 5.32 Å². The molecule has 0 amide bonds. The summed E-state index contributed by atoms with van der Waals surface area (Å²) in [5.74, 6) is 0. The second-order valence-corrected chi connectivity index (χ2v) is 4.04. The summed E-state index contributed by atoms with van der Waals surface area (Å²) in [6, 6.07) is 0. The van der Waals surface area contributed by atoms with Crippen LogP contribution in [0.3, 0.4) is 0 Å². The van der Waals surface area contributed by atoms with E-state index in [0.717, 1.165) is 0 Å². The molecule has 0 heterocycles. The van der Waals surface area contributed by atoms with Crippen LogP contribution >= 0.6 is 0 Å². The summed E-state index contributed by atoms with van der Waals surface area (Å²) in [5.41, 5.74) is -0.0913. The van der Waals surface area contributed by atoms with Gasteiger partial charge in [-0.3, -0.25) is 0 Å². The zero-order chi connectivity index (χ0) is 11.2. The molecule has 0 fully saturated rings. The summed E-state index contributed by atoms with van der Waals surface area (Å²) in [5, 5.41) is 12.4. The molecule has 6 nitrogen and oxygen atoms in total. The Balaban J connectivity index is 3.90. The zero-order valence-electron chi connectivity index (χ0n) is 9.07. The van der Waals surface area contributed by atoms with Crippen molar-refractivity contribution < 1.29 is 14.7 Å². The van der Waals surface area contributed by atoms with E-state index in [1.807, 2.05) is 20.8 Å². The van der Waals surface area contributed by atoms with Gasteiger partial charge in [0.2, 0.25) is 0 Å². The molecule has 1 atom stereocenters. The van der Waals surface area contributed by atoms with Crippen LogP contribution in [0.15, 0.2) is 0 Å². The molecule has 0 rings (SSSR count). The van der Waals surface area contributed by atoms with Crippen LogP contribution in [0.2, 0.25) is 0 Å². The summed E-state index contributed by atoms with van der Waals surface area (Å²) in [7, 11) is 1.48. The van der Waals surface area contributed by atoms with Gasteiger partial charge < -0.3 is 14.9 Å². The molecule has 0 aromatic heterocycles. The molecule has 0 aliphatic rings. The maximum Gasteiger partial charge on any atom is 0.294 e. The molecule has 1 N–H and O–H groups in total. The topological polar surface area (TPSA) is 73.6 Å². The van der Waals surface area contributed by atoms with E-state index in [0.29, 0.717) is 6.54 Å². The molecule has 0 spiro atoms. The van der Waals surface area contributed by atoms with Crippen molar-refractivity contribution in [1.29, 1.82) is 0 Å². The second-order valence-electron chi connectivity index (χ2n) is 4.04. The average molecular weight is 206 g/mol. The van der Waals surface area contributed by atoms with E-state index in [4.69, 9.17) is 4.74 Å². The van der Waals surface area contributed by atoms with Gasteiger partial charge in [-0.25, -0.2) is 0 Å². The van der Waals surface area contributed by atoms with Crippen LogP contribution in [0.25, 0.3) is 0 Å². The van der Waals surface area contributed by atoms with Crippen LogP contribution in [-0.2, 0) is 9.57 Å². The van der Waals surface area contributed by atoms with Gasteiger partial charge in [0.1, 0.15) is 6.10 Å². The van der Waals surface area contributed by atoms with Gasteiger partial charge in [0, 0.05) is 19.2 Å². The van der Waals surface area contributed by atoms with Gasteiger partial charge in [0.25, 0.3) is 5.09 Å². The Bertz CT molecular complexity index is 179. The summed E-state index contributed by atoms with van der Waals surface area (Å²) < 4.78 is 4.80. The number of ether oxygens (including phenoxy) is 1. The summed E-state index contributed by atoms with van der Waals surface area (Å²) in [6.45, 7) is 6.51. The SMILES string of the molecule is COC[C@H](CNC(C)(C)C)O[N+](=O)[O-]. The molecule has 0 aromatic rings. The lowest BCUT2D eigenvalue weighted by atomic mass is 10.1. The van der Waals surface area contributed by atoms with Gasteiger partial charge in [-0.2, -0.15) is 0 Å². The Hall–Kier alpha value is -0.880. The molecule has 0 saturated carbocycles. The molecule has 0 aliphatic heterocycles. The van der Waals surface area contributed by atoms with Crippen molar-refractivity contribution in [3.05, 3.63) is 10.1 Å². The van der Waals surface area contributed by atoms with Gasteiger partial charge in [-0.15, -0.1) is 10.1 Å². The number of rotatable bonds is 6. The van der Waals surface area contributed by atoms with Crippen molar-refractivity contribution in [2.45, 2.75) is 32.4 Å². The molecule has 0 aliphatic carbocycles. The van der Waals surface area contributed by atoms with Crippen molar-refractivity contribution in [3.63, 3.8) is 0 Å². The van der Waals surface area contributed by atoms with E-state index in [1.165, 1.54) is 7.11 Å². The maximum atomic E-state index is 10.1. The lowest BCUT2D eigenvalue weighted by molar-refractivity contribution is -0.768. The lowest BCUT2D eigenvalue weighted by Gasteiger charge is -2.23. The minimum atomic E-state index is -0.798. The van der Waals surface area contributed by atoms with E-state index in [2.05, 4.69) is 10.2 Å². The van der Waals surface area contributed by atoms with Crippen LogP contribution in [0.1, 0.15) is 20.8 Å². The normalized spacial score (nSPS) is 13.7. The quantitative estimate of drug-likeness (QED) is 0.509. The van der Waals surface area contributed by atoms with Crippen LogP contribution in [0, 0.1) is 10.1 Å². The predicted molar refractivity (Wildman–Crippen MR) is 51.5 cm³/mol. The van der Waals surface area contributed by atoms with Gasteiger partial charge in [-0.1, -0.05) is 0 Å². The van der Waals surface area contributed by atoms with Crippen molar-refractivity contribution in [2.75, 3.05) is 20.3 Å². The van der Waals surface area contributed by atoms with E-state index >= 15 is 0 Å². The predicted octanol–water partition coefficient (Wildman–Crippen LogP) is 0.598. The first-order chi connectivity index (χ1) is 6.35. The minimum absolute atomic E-state index is 0.0913. The Morgan fingerprint density at radius 3 is 2.43 bits per heavy atom. The first-order valence-electron chi connectivity index (χ1n) is 4.40. The van der Waals surface area contributed by atoms with E-state index in [1.54, 1.807) is 0 Å². The van der Waals surface area contributed by atoms with E-state index in [-0.39, 0.29) is 12.1 Å². The number of hydrogen-bond donors (Lipinski definition) is 1. The Morgan fingerprint density at radius 1 is 1.50 bits per heavy atom. The Kier molecular flexibility index (Phi) is 5.40. The number of nitrogens with one attached hydrogen (secondary N) is 1. The largest absolute Gasteiger partial charge is 0.382 e. The van der Waals surface area contributed by atoms with Gasteiger partial charge >= 0.3 is 0 Å². The molecule has 0 unspecified atom stereocenters. The summed E-state index contributed by atoms with van der Waals surface area (Å²) in [6.07, 6.45) is -0.561. The third-order valence-corrected chi connectivity index (χ3v) is 1.45. The molecule has 84 valence electrons. The monoisotopic (exact) mass is 206 g/mol. The zero-order valence-corrected chi connectivity index (χ0v) is 9.07. The fraction of sp³-hybridized carbons (Fsp3) is 1.00. The highest BCUT2D eigenvalue weighted by Crippen LogP contribution is 2.00. The van der Waals surface area contributed by atoms with Crippen molar-refractivity contribution >= 4 is 0 Å². The van der Waals surface area contributed by atoms with Crippen LogP contribution in [0.5, 0.6) is 0 Å². The molecule has 6 heteroatoms. The molecular weight excluding hydrogens is 188 g/mol. The standard InChI is InChI=1S/C8H18N2O4/c1-8(2,3)9-5-7(6-13-4)14-10(11)12/h7,9H,5-6H2,1-4H3/t7-/m0/s1. The third-order valence-electron chi connectivity index (χ3n) is 1.45. The second kappa shape index (κ2) is 5.77. The fourth-order valence-electron chi connectivity index (χ4n) is 0.854. The maximum absolute atomic E-state index is 10.1. The van der Waals surface area contributed by atoms with Crippen LogP contribution in [-0.4, -0.2) is 37.0 Å². The molecule has 0 aromatic carbocycles. The van der Waals surface area contributed by atoms with E-state index < -0.39 is 11.2 Å². The Labute approximate surface area is 83.7 Å². The van der Waals surface area contributed by atoms with Gasteiger partial charge in [0.15, 0.2) is 0 Å². The minimum Gasteiger partial charge on any atom is -0.382 e. The van der Waals surface area contributed by atoms with Crippen molar-refractivity contribution in [2.24, 2.45) is 0 Å².